The highest BCUT2D eigenvalue weighted by Crippen LogP contribution is 2.31. The maximum Gasteiger partial charge on any atom is 0.258 e. The SMILES string of the molecule is COCCN(Cc1nc2ccccc2c(=O)[nH]1)C(=O)c1csc2c1CCCC2. The van der Waals surface area contributed by atoms with Crippen LogP contribution >= 0.6 is 11.3 Å². The summed E-state index contributed by atoms with van der Waals surface area (Å²) in [5.74, 6) is 0.463. The standard InChI is InChI=1S/C21H23N3O3S/c1-27-11-10-24(21(26)16-13-28-18-9-5-3-6-14(16)18)12-19-22-17-8-4-2-7-15(17)20(25)23-19/h2,4,7-8,13H,3,5-6,9-12H2,1H3,(H,22,23,25). The number of nitrogens with zero attached hydrogens (tertiary/aromatic N) is 2. The van der Waals surface area contributed by atoms with Gasteiger partial charge in [0.25, 0.3) is 11.5 Å². The molecule has 1 aromatic carbocycles. The van der Waals surface area contributed by atoms with Crippen molar-refractivity contribution in [2.45, 2.75) is 32.2 Å². The number of hydrogen-bond acceptors (Lipinski definition) is 5. The molecule has 146 valence electrons. The highest BCUT2D eigenvalue weighted by molar-refractivity contribution is 7.10. The molecule has 1 aliphatic carbocycles. The van der Waals surface area contributed by atoms with E-state index in [1.807, 2.05) is 23.6 Å². The second-order valence-corrected chi connectivity index (χ2v) is 7.97. The summed E-state index contributed by atoms with van der Waals surface area (Å²) in [7, 11) is 1.62. The van der Waals surface area contributed by atoms with E-state index >= 15 is 0 Å². The van der Waals surface area contributed by atoms with Gasteiger partial charge in [-0.25, -0.2) is 4.98 Å². The molecule has 6 nitrogen and oxygen atoms in total. The fraction of sp³-hybridized carbons (Fsp3) is 0.381. The molecule has 0 aliphatic heterocycles. The van der Waals surface area contributed by atoms with E-state index in [2.05, 4.69) is 9.97 Å². The van der Waals surface area contributed by atoms with Crippen LogP contribution in [0.4, 0.5) is 0 Å². The maximum absolute atomic E-state index is 13.3. The molecule has 2 heterocycles. The molecule has 0 radical (unpaired) electrons. The largest absolute Gasteiger partial charge is 0.383 e. The predicted octanol–water partition coefficient (Wildman–Crippen LogP) is 3.15. The number of carbonyl (C=O) groups excluding carboxylic acids is 1. The van der Waals surface area contributed by atoms with Crippen LogP contribution in [0.2, 0.25) is 0 Å². The summed E-state index contributed by atoms with van der Waals surface area (Å²) < 4.78 is 5.20. The van der Waals surface area contributed by atoms with E-state index in [0.717, 1.165) is 24.8 Å². The Kier molecular flexibility index (Phi) is 5.54. The molecule has 0 saturated heterocycles. The third-order valence-corrected chi connectivity index (χ3v) is 6.24. The lowest BCUT2D eigenvalue weighted by molar-refractivity contribution is 0.0674. The summed E-state index contributed by atoms with van der Waals surface area (Å²) in [5.41, 5.74) is 2.43. The van der Waals surface area contributed by atoms with Crippen molar-refractivity contribution >= 4 is 28.1 Å². The fourth-order valence-electron chi connectivity index (χ4n) is 3.69. The van der Waals surface area contributed by atoms with E-state index in [1.54, 1.807) is 29.4 Å². The van der Waals surface area contributed by atoms with Crippen molar-refractivity contribution in [1.82, 2.24) is 14.9 Å². The summed E-state index contributed by atoms with van der Waals surface area (Å²) in [4.78, 5) is 36.1. The van der Waals surface area contributed by atoms with Crippen LogP contribution in [0.25, 0.3) is 10.9 Å². The molecule has 0 saturated carbocycles. The number of nitrogens with one attached hydrogen (secondary N) is 1. The van der Waals surface area contributed by atoms with Gasteiger partial charge in [-0.1, -0.05) is 12.1 Å². The van der Waals surface area contributed by atoms with E-state index < -0.39 is 0 Å². The number of aromatic nitrogens is 2. The lowest BCUT2D eigenvalue weighted by Gasteiger charge is -2.23. The number of aromatic amines is 1. The number of para-hydroxylation sites is 1. The Hall–Kier alpha value is -2.51. The first-order valence-electron chi connectivity index (χ1n) is 9.52. The molecule has 0 unspecified atom stereocenters. The number of benzene rings is 1. The Morgan fingerprint density at radius 2 is 2.11 bits per heavy atom. The van der Waals surface area contributed by atoms with Crippen LogP contribution in [0.5, 0.6) is 0 Å². The molecule has 0 fully saturated rings. The molecular formula is C21H23N3O3S. The monoisotopic (exact) mass is 397 g/mol. The van der Waals surface area contributed by atoms with Crippen molar-refractivity contribution in [1.29, 1.82) is 0 Å². The van der Waals surface area contributed by atoms with Crippen molar-refractivity contribution < 1.29 is 9.53 Å². The van der Waals surface area contributed by atoms with Crippen LogP contribution in [-0.4, -0.2) is 41.0 Å². The highest BCUT2D eigenvalue weighted by atomic mass is 32.1. The molecule has 28 heavy (non-hydrogen) atoms. The first-order chi connectivity index (χ1) is 13.7. The van der Waals surface area contributed by atoms with Crippen molar-refractivity contribution in [2.24, 2.45) is 0 Å². The number of H-pyrrole nitrogens is 1. The first-order valence-corrected chi connectivity index (χ1v) is 10.4. The minimum absolute atomic E-state index is 0.0211. The number of carbonyl (C=O) groups is 1. The van der Waals surface area contributed by atoms with Gasteiger partial charge in [0.2, 0.25) is 0 Å². The van der Waals surface area contributed by atoms with E-state index in [0.29, 0.717) is 29.9 Å². The molecule has 1 aliphatic rings. The number of hydrogen-bond donors (Lipinski definition) is 1. The van der Waals surface area contributed by atoms with Crippen molar-refractivity contribution in [3.63, 3.8) is 0 Å². The Bertz CT molecular complexity index is 1060. The van der Waals surface area contributed by atoms with Crippen LogP contribution < -0.4 is 5.56 Å². The number of amides is 1. The molecule has 7 heteroatoms. The molecule has 3 aromatic rings. The molecule has 4 rings (SSSR count). The van der Waals surface area contributed by atoms with Crippen molar-refractivity contribution in [3.05, 3.63) is 61.8 Å². The Morgan fingerprint density at radius 3 is 2.96 bits per heavy atom. The molecule has 1 N–H and O–H groups in total. The lowest BCUT2D eigenvalue weighted by atomic mass is 9.95. The van der Waals surface area contributed by atoms with Gasteiger partial charge < -0.3 is 14.6 Å². The van der Waals surface area contributed by atoms with Crippen LogP contribution in [-0.2, 0) is 24.1 Å². The minimum Gasteiger partial charge on any atom is -0.383 e. The van der Waals surface area contributed by atoms with Gasteiger partial charge >= 0.3 is 0 Å². The third-order valence-electron chi connectivity index (χ3n) is 5.15. The van der Waals surface area contributed by atoms with Crippen LogP contribution in [0.15, 0.2) is 34.4 Å². The molecular weight excluding hydrogens is 374 g/mol. The van der Waals surface area contributed by atoms with E-state index in [-0.39, 0.29) is 18.0 Å². The predicted molar refractivity (Wildman–Crippen MR) is 110 cm³/mol. The summed E-state index contributed by atoms with van der Waals surface area (Å²) >= 11 is 1.68. The van der Waals surface area contributed by atoms with Gasteiger partial charge in [0.15, 0.2) is 0 Å². The van der Waals surface area contributed by atoms with Crippen LogP contribution in [0, 0.1) is 0 Å². The summed E-state index contributed by atoms with van der Waals surface area (Å²) in [6.07, 6.45) is 4.34. The van der Waals surface area contributed by atoms with Crippen LogP contribution in [0.3, 0.4) is 0 Å². The zero-order chi connectivity index (χ0) is 19.5. The quantitative estimate of drug-likeness (QED) is 0.693. The minimum atomic E-state index is -0.187. The first kappa shape index (κ1) is 18.8. The maximum atomic E-state index is 13.3. The molecule has 0 bridgehead atoms. The van der Waals surface area contributed by atoms with Crippen LogP contribution in [0.1, 0.15) is 39.5 Å². The average Bonchev–Trinajstić information content (AvgIpc) is 3.15. The summed E-state index contributed by atoms with van der Waals surface area (Å²) in [6.45, 7) is 1.11. The van der Waals surface area contributed by atoms with Gasteiger partial charge in [0, 0.05) is 23.9 Å². The number of ether oxygens (including phenoxy) is 1. The van der Waals surface area contributed by atoms with E-state index in [9.17, 15) is 9.59 Å². The normalized spacial score (nSPS) is 13.5. The second kappa shape index (κ2) is 8.24. The van der Waals surface area contributed by atoms with E-state index in [4.69, 9.17) is 4.74 Å². The Morgan fingerprint density at radius 1 is 1.29 bits per heavy atom. The van der Waals surface area contributed by atoms with Gasteiger partial charge in [0.1, 0.15) is 5.82 Å². The average molecular weight is 398 g/mol. The topological polar surface area (TPSA) is 75.3 Å². The van der Waals surface area contributed by atoms with Gasteiger partial charge in [-0.15, -0.1) is 11.3 Å². The summed E-state index contributed by atoms with van der Waals surface area (Å²) in [5, 5.41) is 2.53. The van der Waals surface area contributed by atoms with Gasteiger partial charge in [-0.05, 0) is 43.4 Å². The van der Waals surface area contributed by atoms with Gasteiger partial charge in [-0.3, -0.25) is 9.59 Å². The third kappa shape index (κ3) is 3.72. The zero-order valence-corrected chi connectivity index (χ0v) is 16.7. The fourth-order valence-corrected chi connectivity index (χ4v) is 4.81. The Labute approximate surface area is 167 Å². The number of methoxy groups -OCH3 is 1. The van der Waals surface area contributed by atoms with Crippen molar-refractivity contribution in [2.75, 3.05) is 20.3 Å². The Balaban J connectivity index is 1.64. The van der Waals surface area contributed by atoms with Crippen molar-refractivity contribution in [3.8, 4) is 0 Å². The molecule has 0 atom stereocenters. The number of thiophene rings is 1. The molecule has 1 amide bonds. The number of rotatable bonds is 6. The van der Waals surface area contributed by atoms with Gasteiger partial charge in [-0.2, -0.15) is 0 Å². The second-order valence-electron chi connectivity index (χ2n) is 7.01. The summed E-state index contributed by atoms with van der Waals surface area (Å²) in [6, 6.07) is 7.22. The number of aryl methyl sites for hydroxylation is 1. The molecule has 2 aromatic heterocycles. The lowest BCUT2D eigenvalue weighted by Crippen LogP contribution is -2.35. The van der Waals surface area contributed by atoms with Gasteiger partial charge in [0.05, 0.1) is 29.6 Å². The zero-order valence-electron chi connectivity index (χ0n) is 15.9. The highest BCUT2D eigenvalue weighted by Gasteiger charge is 2.24. The smallest absolute Gasteiger partial charge is 0.258 e. The molecule has 0 spiro atoms. The number of fused-ring (bicyclic) bond motifs is 2. The van der Waals surface area contributed by atoms with E-state index in [1.165, 1.54) is 16.9 Å².